The molecule has 3 fully saturated rings. The van der Waals surface area contributed by atoms with E-state index in [0.717, 1.165) is 42.5 Å². The number of hydrogen-bond acceptors (Lipinski definition) is 5. The number of rotatable bonds is 4. The molecule has 1 unspecified atom stereocenters. The number of aromatic nitrogens is 1. The summed E-state index contributed by atoms with van der Waals surface area (Å²) in [6.07, 6.45) is 3.82. The van der Waals surface area contributed by atoms with Gasteiger partial charge in [0.2, 0.25) is 0 Å². The van der Waals surface area contributed by atoms with E-state index >= 15 is 0 Å². The molecule has 2 spiro atoms. The number of ether oxygens (including phenoxy) is 3. The second-order valence-electron chi connectivity index (χ2n) is 15.9. The minimum absolute atomic E-state index is 0.0473. The van der Waals surface area contributed by atoms with Crippen molar-refractivity contribution in [3.8, 4) is 0 Å². The molecule has 0 amide bonds. The largest absolute Gasteiger partial charge is 0.416 e. The Balaban J connectivity index is 1.46. The van der Waals surface area contributed by atoms with Gasteiger partial charge in [-0.15, -0.1) is 0 Å². The summed E-state index contributed by atoms with van der Waals surface area (Å²) in [5.74, 6) is 0.215. The minimum Gasteiger partial charge on any atom is -0.410 e. The van der Waals surface area contributed by atoms with E-state index in [1.165, 1.54) is 48.2 Å². The molecular weight excluding hydrogens is 595 g/mol. The first kappa shape index (κ1) is 31.8. The van der Waals surface area contributed by atoms with Crippen LogP contribution in [0.15, 0.2) is 24.3 Å². The van der Waals surface area contributed by atoms with E-state index in [9.17, 15) is 13.2 Å². The summed E-state index contributed by atoms with van der Waals surface area (Å²) in [4.78, 5) is 5.63. The third-order valence-corrected chi connectivity index (χ3v) is 16.5. The van der Waals surface area contributed by atoms with Gasteiger partial charge < -0.3 is 18.6 Å². The van der Waals surface area contributed by atoms with E-state index in [4.69, 9.17) is 23.6 Å². The molecule has 0 radical (unpaired) electrons. The van der Waals surface area contributed by atoms with Crippen molar-refractivity contribution in [2.75, 3.05) is 26.4 Å². The van der Waals surface area contributed by atoms with Crippen molar-refractivity contribution in [2.45, 2.75) is 127 Å². The van der Waals surface area contributed by atoms with E-state index in [1.807, 2.05) is 0 Å². The van der Waals surface area contributed by atoms with Crippen LogP contribution in [0.5, 0.6) is 0 Å². The molecule has 2 saturated heterocycles. The van der Waals surface area contributed by atoms with Crippen molar-refractivity contribution >= 4 is 8.32 Å². The summed E-state index contributed by atoms with van der Waals surface area (Å²) >= 11 is 0. The van der Waals surface area contributed by atoms with Crippen LogP contribution >= 0.6 is 0 Å². The Morgan fingerprint density at radius 1 is 0.889 bits per heavy atom. The average molecular weight is 644 g/mol. The van der Waals surface area contributed by atoms with Crippen LogP contribution in [-0.2, 0) is 36.8 Å². The first-order valence-corrected chi connectivity index (χ1v) is 19.9. The predicted molar refractivity (Wildman–Crippen MR) is 169 cm³/mol. The van der Waals surface area contributed by atoms with Gasteiger partial charge in [-0.25, -0.2) is 0 Å². The van der Waals surface area contributed by atoms with Crippen molar-refractivity contribution in [3.05, 3.63) is 63.5 Å². The van der Waals surface area contributed by atoms with Crippen LogP contribution in [0, 0.1) is 5.41 Å². The molecule has 0 bridgehead atoms. The molecule has 1 aromatic carbocycles. The maximum absolute atomic E-state index is 13.6. The maximum atomic E-state index is 13.6. The Morgan fingerprint density at radius 3 is 2.11 bits per heavy atom. The molecule has 1 saturated carbocycles. The summed E-state index contributed by atoms with van der Waals surface area (Å²) in [7, 11) is -2.17. The Hall–Kier alpha value is -1.78. The van der Waals surface area contributed by atoms with Crippen molar-refractivity contribution in [3.63, 3.8) is 0 Å². The van der Waals surface area contributed by atoms with Crippen LogP contribution in [0.4, 0.5) is 13.2 Å². The SMILES string of the molecule is CC(C)(C)[Si](C)(C)OC1CC2(CCC2)Cc2nc(C3CCOCC3)c3c(c21)C1(CCOCC1)O[C@@H]3c1ccc(C(F)(F)F)cc1. The van der Waals surface area contributed by atoms with Gasteiger partial charge in [0.25, 0.3) is 0 Å². The van der Waals surface area contributed by atoms with Gasteiger partial charge >= 0.3 is 6.18 Å². The summed E-state index contributed by atoms with van der Waals surface area (Å²) in [5, 5.41) is 0.0473. The minimum atomic E-state index is -4.39. The zero-order valence-electron chi connectivity index (χ0n) is 27.4. The van der Waals surface area contributed by atoms with Crippen LogP contribution in [0.2, 0.25) is 18.1 Å². The lowest BCUT2D eigenvalue weighted by atomic mass is 9.58. The fourth-order valence-corrected chi connectivity index (χ4v) is 9.58. The molecule has 2 aliphatic carbocycles. The number of nitrogens with zero attached hydrogens (tertiary/aromatic N) is 1. The third-order valence-electron chi connectivity index (χ3n) is 12.0. The number of alkyl halides is 3. The monoisotopic (exact) mass is 643 g/mol. The van der Waals surface area contributed by atoms with E-state index < -0.39 is 31.8 Å². The fraction of sp³-hybridized carbons (Fsp3) is 0.694. The topological polar surface area (TPSA) is 49.8 Å². The number of hydrogen-bond donors (Lipinski definition) is 0. The lowest BCUT2D eigenvalue weighted by molar-refractivity contribution is -0.137. The van der Waals surface area contributed by atoms with Gasteiger partial charge in [0.1, 0.15) is 6.10 Å². The van der Waals surface area contributed by atoms with Crippen LogP contribution in [0.25, 0.3) is 0 Å². The van der Waals surface area contributed by atoms with E-state index in [-0.39, 0.29) is 22.5 Å². The predicted octanol–water partition coefficient (Wildman–Crippen LogP) is 9.30. The summed E-state index contributed by atoms with van der Waals surface area (Å²) in [6, 6.07) is 5.60. The lowest BCUT2D eigenvalue weighted by Gasteiger charge is -2.51. The molecule has 9 heteroatoms. The molecule has 45 heavy (non-hydrogen) atoms. The van der Waals surface area contributed by atoms with Crippen molar-refractivity contribution < 1.29 is 31.8 Å². The van der Waals surface area contributed by atoms with Crippen molar-refractivity contribution in [1.82, 2.24) is 4.98 Å². The van der Waals surface area contributed by atoms with Crippen molar-refractivity contribution in [2.24, 2.45) is 5.41 Å². The fourth-order valence-electron chi connectivity index (χ4n) is 8.31. The Bertz CT molecular complexity index is 1420. The maximum Gasteiger partial charge on any atom is 0.416 e. The summed E-state index contributed by atoms with van der Waals surface area (Å²) in [5.41, 5.74) is 5.50. The van der Waals surface area contributed by atoms with Gasteiger partial charge in [0.05, 0.1) is 23.0 Å². The standard InChI is InChI=1S/C36H48F3NO4Si/c1-33(2,3)45(4,5)44-27-22-34(13-6-14-34)21-26-28(27)30-29(31(40-26)23-11-17-41-18-12-23)32(43-35(30)15-19-42-20-16-35)24-7-9-25(10-8-24)36(37,38)39/h7-10,23,27,32H,6,11-22H2,1-5H3/t27?,32-/m1/s1. The smallest absolute Gasteiger partial charge is 0.410 e. The average Bonchev–Trinajstić information content (AvgIpc) is 3.29. The number of fused-ring (bicyclic) bond motifs is 4. The van der Waals surface area contributed by atoms with E-state index in [0.29, 0.717) is 39.3 Å². The van der Waals surface area contributed by atoms with Crippen molar-refractivity contribution in [1.29, 1.82) is 0 Å². The molecule has 1 aromatic heterocycles. The van der Waals surface area contributed by atoms with Gasteiger partial charge in [0.15, 0.2) is 8.32 Å². The molecule has 2 aromatic rings. The molecule has 3 aliphatic heterocycles. The van der Waals surface area contributed by atoms with Crippen LogP contribution in [0.1, 0.15) is 129 Å². The second kappa shape index (κ2) is 11.1. The highest BCUT2D eigenvalue weighted by Gasteiger charge is 2.55. The van der Waals surface area contributed by atoms with Gasteiger partial charge in [-0.05, 0) is 85.3 Å². The number of halogens is 3. The van der Waals surface area contributed by atoms with Crippen LogP contribution < -0.4 is 0 Å². The Morgan fingerprint density at radius 2 is 1.53 bits per heavy atom. The Kier molecular flexibility index (Phi) is 7.88. The zero-order chi connectivity index (χ0) is 31.8. The highest BCUT2D eigenvalue weighted by molar-refractivity contribution is 6.74. The van der Waals surface area contributed by atoms with E-state index in [1.54, 1.807) is 12.1 Å². The molecule has 5 nitrogen and oxygen atoms in total. The Labute approximate surface area is 266 Å². The van der Waals surface area contributed by atoms with Gasteiger partial charge in [0, 0.05) is 62.0 Å². The van der Waals surface area contributed by atoms with Crippen LogP contribution in [-0.4, -0.2) is 39.7 Å². The number of benzene rings is 1. The highest BCUT2D eigenvalue weighted by atomic mass is 28.4. The molecule has 0 N–H and O–H groups in total. The lowest BCUT2D eigenvalue weighted by Crippen LogP contribution is -2.47. The summed E-state index contributed by atoms with van der Waals surface area (Å²) in [6.45, 7) is 14.1. The molecule has 5 aliphatic rings. The molecule has 246 valence electrons. The quantitative estimate of drug-likeness (QED) is 0.311. The highest BCUT2D eigenvalue weighted by Crippen LogP contribution is 2.62. The first-order chi connectivity index (χ1) is 21.2. The van der Waals surface area contributed by atoms with Gasteiger partial charge in [-0.3, -0.25) is 4.98 Å². The normalized spacial score (nSPS) is 26.5. The van der Waals surface area contributed by atoms with Crippen LogP contribution in [0.3, 0.4) is 0 Å². The molecule has 2 atom stereocenters. The molecule has 7 rings (SSSR count). The first-order valence-electron chi connectivity index (χ1n) is 17.0. The third kappa shape index (κ3) is 5.52. The van der Waals surface area contributed by atoms with Gasteiger partial charge in [-0.1, -0.05) is 39.3 Å². The molecular formula is C36H48F3NO4Si. The number of pyridine rings is 1. The zero-order valence-corrected chi connectivity index (χ0v) is 28.4. The second-order valence-corrected chi connectivity index (χ2v) is 20.6. The van der Waals surface area contributed by atoms with E-state index in [2.05, 4.69) is 33.9 Å². The van der Waals surface area contributed by atoms with Gasteiger partial charge in [-0.2, -0.15) is 13.2 Å². The summed E-state index contributed by atoms with van der Waals surface area (Å²) < 4.78 is 67.1. The molecule has 4 heterocycles.